The van der Waals surface area contributed by atoms with Gasteiger partial charge < -0.3 is 14.9 Å². The lowest BCUT2D eigenvalue weighted by atomic mass is 10.1. The molecule has 0 spiro atoms. The first-order chi connectivity index (χ1) is 7.99. The second-order valence-corrected chi connectivity index (χ2v) is 3.41. The quantitative estimate of drug-likeness (QED) is 0.598. The van der Waals surface area contributed by atoms with Crippen LogP contribution in [0.25, 0.3) is 6.08 Å². The molecule has 0 amide bonds. The van der Waals surface area contributed by atoms with E-state index in [4.69, 9.17) is 10.2 Å². The fraction of sp³-hybridized carbons (Fsp3) is 0.167. The predicted molar refractivity (Wildman–Crippen MR) is 60.4 cm³/mol. The van der Waals surface area contributed by atoms with Crippen LogP contribution in [0.4, 0.5) is 0 Å². The van der Waals surface area contributed by atoms with Crippen molar-refractivity contribution in [2.24, 2.45) is 0 Å². The lowest BCUT2D eigenvalue weighted by Crippen LogP contribution is -2.11. The summed E-state index contributed by atoms with van der Waals surface area (Å²) in [5.41, 5.74) is 1.68. The van der Waals surface area contributed by atoms with Crippen molar-refractivity contribution in [1.29, 1.82) is 0 Å². The summed E-state index contributed by atoms with van der Waals surface area (Å²) in [7, 11) is 0. The van der Waals surface area contributed by atoms with Gasteiger partial charge in [0.15, 0.2) is 6.61 Å². The molecular formula is C12H12O5. The van der Waals surface area contributed by atoms with Crippen LogP contribution in [0, 0.1) is 6.92 Å². The van der Waals surface area contributed by atoms with Gasteiger partial charge in [-0.05, 0) is 18.6 Å². The second-order valence-electron chi connectivity index (χ2n) is 3.41. The molecule has 0 aliphatic carbocycles. The maximum absolute atomic E-state index is 10.8. The highest BCUT2D eigenvalue weighted by molar-refractivity contribution is 5.90. The third-order valence-corrected chi connectivity index (χ3v) is 1.94. The van der Waals surface area contributed by atoms with Gasteiger partial charge in [0.2, 0.25) is 5.76 Å². The smallest absolute Gasteiger partial charge is 0.371 e. The topological polar surface area (TPSA) is 83.8 Å². The summed E-state index contributed by atoms with van der Waals surface area (Å²) < 4.78 is 4.66. The van der Waals surface area contributed by atoms with E-state index in [0.717, 1.165) is 5.56 Å². The number of hydrogen-bond donors (Lipinski definition) is 2. The molecule has 0 aromatic heterocycles. The van der Waals surface area contributed by atoms with E-state index < -0.39 is 24.3 Å². The highest BCUT2D eigenvalue weighted by atomic mass is 16.5. The SMILES string of the molecule is Cc1ccc(/C=C(\OCC(=O)O)C(=O)O)cc1. The average molecular weight is 236 g/mol. The molecule has 0 fully saturated rings. The van der Waals surface area contributed by atoms with E-state index in [1.54, 1.807) is 12.1 Å². The molecule has 1 aromatic carbocycles. The number of rotatable bonds is 5. The molecule has 0 aliphatic rings. The first-order valence-corrected chi connectivity index (χ1v) is 4.85. The van der Waals surface area contributed by atoms with Crippen molar-refractivity contribution in [3.63, 3.8) is 0 Å². The fourth-order valence-corrected chi connectivity index (χ4v) is 1.12. The molecule has 5 heteroatoms. The van der Waals surface area contributed by atoms with Crippen LogP contribution in [-0.2, 0) is 14.3 Å². The summed E-state index contributed by atoms with van der Waals surface area (Å²) in [6.07, 6.45) is 1.28. The predicted octanol–water partition coefficient (Wildman–Crippen LogP) is 1.52. The second kappa shape index (κ2) is 5.69. The Kier molecular flexibility index (Phi) is 4.28. The molecule has 0 heterocycles. The standard InChI is InChI=1S/C12H12O5/c1-8-2-4-9(5-3-8)6-10(12(15)16)17-7-11(13)14/h2-6H,7H2,1H3,(H,13,14)(H,15,16)/b10-6-. The molecule has 0 saturated heterocycles. The number of carboxylic acid groups (broad SMARTS) is 2. The molecule has 0 saturated carbocycles. The van der Waals surface area contributed by atoms with Crippen LogP contribution in [0.5, 0.6) is 0 Å². The minimum atomic E-state index is -1.30. The largest absolute Gasteiger partial charge is 0.479 e. The van der Waals surface area contributed by atoms with Gasteiger partial charge in [-0.15, -0.1) is 0 Å². The third-order valence-electron chi connectivity index (χ3n) is 1.94. The fourth-order valence-electron chi connectivity index (χ4n) is 1.12. The summed E-state index contributed by atoms with van der Waals surface area (Å²) in [4.78, 5) is 21.1. The van der Waals surface area contributed by atoms with Crippen molar-refractivity contribution < 1.29 is 24.5 Å². The van der Waals surface area contributed by atoms with Gasteiger partial charge in [0, 0.05) is 0 Å². The highest BCUT2D eigenvalue weighted by Crippen LogP contribution is 2.09. The molecule has 0 bridgehead atoms. The van der Waals surface area contributed by atoms with Gasteiger partial charge >= 0.3 is 11.9 Å². The van der Waals surface area contributed by atoms with Gasteiger partial charge in [0.25, 0.3) is 0 Å². The van der Waals surface area contributed by atoms with Crippen molar-refractivity contribution >= 4 is 18.0 Å². The van der Waals surface area contributed by atoms with Crippen LogP contribution >= 0.6 is 0 Å². The van der Waals surface area contributed by atoms with E-state index >= 15 is 0 Å². The summed E-state index contributed by atoms with van der Waals surface area (Å²) in [6, 6.07) is 7.09. The Labute approximate surface area is 98.0 Å². The first kappa shape index (κ1) is 12.8. The van der Waals surface area contributed by atoms with Crippen LogP contribution in [0.1, 0.15) is 11.1 Å². The van der Waals surface area contributed by atoms with Crippen molar-refractivity contribution in [3.05, 3.63) is 41.2 Å². The van der Waals surface area contributed by atoms with Crippen LogP contribution in [0.3, 0.4) is 0 Å². The summed E-state index contributed by atoms with van der Waals surface area (Å²) in [5.74, 6) is -2.91. The van der Waals surface area contributed by atoms with Gasteiger partial charge in [-0.2, -0.15) is 0 Å². The van der Waals surface area contributed by atoms with E-state index in [0.29, 0.717) is 5.56 Å². The van der Waals surface area contributed by atoms with E-state index in [1.807, 2.05) is 19.1 Å². The molecule has 1 rings (SSSR count). The number of aliphatic carboxylic acids is 2. The lowest BCUT2D eigenvalue weighted by Gasteiger charge is -2.03. The van der Waals surface area contributed by atoms with Crippen molar-refractivity contribution in [2.45, 2.75) is 6.92 Å². The van der Waals surface area contributed by atoms with E-state index in [-0.39, 0.29) is 0 Å². The molecule has 5 nitrogen and oxygen atoms in total. The van der Waals surface area contributed by atoms with Crippen molar-refractivity contribution in [1.82, 2.24) is 0 Å². The molecule has 0 unspecified atom stereocenters. The molecule has 0 aliphatic heterocycles. The highest BCUT2D eigenvalue weighted by Gasteiger charge is 2.10. The maximum atomic E-state index is 10.8. The average Bonchev–Trinajstić information content (AvgIpc) is 2.26. The monoisotopic (exact) mass is 236 g/mol. The van der Waals surface area contributed by atoms with Gasteiger partial charge in [-0.25, -0.2) is 9.59 Å². The number of benzene rings is 1. The molecule has 17 heavy (non-hydrogen) atoms. The Morgan fingerprint density at radius 1 is 1.24 bits per heavy atom. The van der Waals surface area contributed by atoms with Crippen LogP contribution < -0.4 is 0 Å². The number of carboxylic acids is 2. The van der Waals surface area contributed by atoms with Gasteiger partial charge in [-0.3, -0.25) is 0 Å². The normalized spacial score (nSPS) is 11.0. The summed E-state index contributed by atoms with van der Waals surface area (Å²) >= 11 is 0. The minimum absolute atomic E-state index is 0.392. The maximum Gasteiger partial charge on any atom is 0.371 e. The Balaban J connectivity index is 2.86. The molecule has 2 N–H and O–H groups in total. The number of carbonyl (C=O) groups is 2. The molecular weight excluding hydrogens is 224 g/mol. The Bertz CT molecular complexity index is 444. The molecule has 0 atom stereocenters. The summed E-state index contributed by atoms with van der Waals surface area (Å²) in [6.45, 7) is 1.23. The zero-order valence-corrected chi connectivity index (χ0v) is 9.21. The zero-order chi connectivity index (χ0) is 12.8. The van der Waals surface area contributed by atoms with Gasteiger partial charge in [0.05, 0.1) is 0 Å². The van der Waals surface area contributed by atoms with Gasteiger partial charge in [-0.1, -0.05) is 29.8 Å². The number of aryl methyl sites for hydroxylation is 1. The first-order valence-electron chi connectivity index (χ1n) is 4.85. The number of hydrogen-bond acceptors (Lipinski definition) is 3. The van der Waals surface area contributed by atoms with Crippen LogP contribution in [0.15, 0.2) is 30.0 Å². The lowest BCUT2D eigenvalue weighted by molar-refractivity contribution is -0.143. The Morgan fingerprint density at radius 2 is 1.82 bits per heavy atom. The van der Waals surface area contributed by atoms with E-state index in [2.05, 4.69) is 4.74 Å². The molecule has 90 valence electrons. The zero-order valence-electron chi connectivity index (χ0n) is 9.21. The van der Waals surface area contributed by atoms with Crippen molar-refractivity contribution in [2.75, 3.05) is 6.61 Å². The van der Waals surface area contributed by atoms with Crippen molar-refractivity contribution in [3.8, 4) is 0 Å². The minimum Gasteiger partial charge on any atom is -0.479 e. The van der Waals surface area contributed by atoms with E-state index in [1.165, 1.54) is 6.08 Å². The van der Waals surface area contributed by atoms with E-state index in [9.17, 15) is 9.59 Å². The number of ether oxygens (including phenoxy) is 1. The Morgan fingerprint density at radius 3 is 2.29 bits per heavy atom. The Hall–Kier alpha value is -2.30. The third kappa shape index (κ3) is 4.38. The van der Waals surface area contributed by atoms with Gasteiger partial charge in [0.1, 0.15) is 0 Å². The molecule has 1 aromatic rings. The van der Waals surface area contributed by atoms with Crippen LogP contribution in [-0.4, -0.2) is 28.8 Å². The molecule has 0 radical (unpaired) electrons. The van der Waals surface area contributed by atoms with Crippen LogP contribution in [0.2, 0.25) is 0 Å². The summed E-state index contributed by atoms with van der Waals surface area (Å²) in [5, 5.41) is 17.2.